The molecule has 0 radical (unpaired) electrons. The number of hydrogen-bond acceptors (Lipinski definition) is 5. The first-order valence-electron chi connectivity index (χ1n) is 9.97. The Morgan fingerprint density at radius 3 is 2.00 bits per heavy atom. The van der Waals surface area contributed by atoms with E-state index in [0.29, 0.717) is 30.6 Å². The summed E-state index contributed by atoms with van der Waals surface area (Å²) in [5, 5.41) is 2.76. The SMILES string of the molecule is CC(C)CC(C(=O)Nc1ccc(NS(C)(=O)=O)cc1)N1C(=O)C2CC=CCC2C1=O. The van der Waals surface area contributed by atoms with E-state index < -0.39 is 22.0 Å². The summed E-state index contributed by atoms with van der Waals surface area (Å²) in [5.74, 6) is -1.65. The van der Waals surface area contributed by atoms with E-state index in [1.807, 2.05) is 26.0 Å². The molecule has 8 nitrogen and oxygen atoms in total. The molecule has 9 heteroatoms. The van der Waals surface area contributed by atoms with Crippen molar-refractivity contribution in [3.63, 3.8) is 0 Å². The van der Waals surface area contributed by atoms with Crippen molar-refractivity contribution in [2.75, 3.05) is 16.3 Å². The predicted molar refractivity (Wildman–Crippen MR) is 114 cm³/mol. The lowest BCUT2D eigenvalue weighted by molar-refractivity contribution is -0.147. The molecule has 2 aliphatic rings. The number of nitrogens with one attached hydrogen (secondary N) is 2. The van der Waals surface area contributed by atoms with Gasteiger partial charge in [0.2, 0.25) is 27.7 Å². The number of anilines is 2. The first kappa shape index (κ1) is 22.0. The fraction of sp³-hybridized carbons (Fsp3) is 0.476. The zero-order valence-corrected chi connectivity index (χ0v) is 18.1. The van der Waals surface area contributed by atoms with Crippen molar-refractivity contribution in [1.82, 2.24) is 4.90 Å². The van der Waals surface area contributed by atoms with Gasteiger partial charge in [-0.3, -0.25) is 24.0 Å². The summed E-state index contributed by atoms with van der Waals surface area (Å²) in [4.78, 5) is 40.1. The maximum absolute atomic E-state index is 13.1. The van der Waals surface area contributed by atoms with E-state index in [-0.39, 0.29) is 29.6 Å². The van der Waals surface area contributed by atoms with Crippen molar-refractivity contribution in [1.29, 1.82) is 0 Å². The van der Waals surface area contributed by atoms with E-state index >= 15 is 0 Å². The molecule has 3 amide bonds. The molecule has 1 aromatic rings. The van der Waals surface area contributed by atoms with Crippen molar-refractivity contribution >= 4 is 39.1 Å². The molecule has 3 rings (SSSR count). The maximum Gasteiger partial charge on any atom is 0.247 e. The van der Waals surface area contributed by atoms with Crippen molar-refractivity contribution in [3.8, 4) is 0 Å². The third-order valence-electron chi connectivity index (χ3n) is 5.31. The Kier molecular flexibility index (Phi) is 6.30. The van der Waals surface area contributed by atoms with Gasteiger partial charge in [-0.15, -0.1) is 0 Å². The van der Waals surface area contributed by atoms with Crippen LogP contribution in [0.4, 0.5) is 11.4 Å². The number of likely N-dealkylation sites (tertiary alicyclic amines) is 1. The highest BCUT2D eigenvalue weighted by atomic mass is 32.2. The van der Waals surface area contributed by atoms with Crippen LogP contribution in [0.15, 0.2) is 36.4 Å². The van der Waals surface area contributed by atoms with Gasteiger partial charge in [0.25, 0.3) is 0 Å². The van der Waals surface area contributed by atoms with Gasteiger partial charge in [0, 0.05) is 11.4 Å². The number of sulfonamides is 1. The van der Waals surface area contributed by atoms with Gasteiger partial charge in [0.15, 0.2) is 0 Å². The monoisotopic (exact) mass is 433 g/mol. The van der Waals surface area contributed by atoms with Crippen LogP contribution in [0.3, 0.4) is 0 Å². The van der Waals surface area contributed by atoms with E-state index in [2.05, 4.69) is 10.0 Å². The summed E-state index contributed by atoms with van der Waals surface area (Å²) in [6, 6.07) is 5.30. The molecule has 2 N–H and O–H groups in total. The first-order chi connectivity index (χ1) is 14.1. The van der Waals surface area contributed by atoms with Crippen LogP contribution in [0.25, 0.3) is 0 Å². The van der Waals surface area contributed by atoms with Gasteiger partial charge in [-0.25, -0.2) is 8.42 Å². The van der Waals surface area contributed by atoms with Gasteiger partial charge in [-0.2, -0.15) is 0 Å². The molecular weight excluding hydrogens is 406 g/mol. The van der Waals surface area contributed by atoms with Crippen LogP contribution < -0.4 is 10.0 Å². The zero-order valence-electron chi connectivity index (χ0n) is 17.3. The lowest BCUT2D eigenvalue weighted by Crippen LogP contribution is -2.48. The minimum atomic E-state index is -3.40. The van der Waals surface area contributed by atoms with Crippen LogP contribution in [0.2, 0.25) is 0 Å². The quantitative estimate of drug-likeness (QED) is 0.506. The van der Waals surface area contributed by atoms with Crippen molar-refractivity contribution < 1.29 is 22.8 Å². The van der Waals surface area contributed by atoms with Gasteiger partial charge in [-0.05, 0) is 49.4 Å². The lowest BCUT2D eigenvalue weighted by atomic mass is 9.85. The molecular formula is C21H27N3O5S. The molecule has 3 atom stereocenters. The Morgan fingerprint density at radius 1 is 1.03 bits per heavy atom. The summed E-state index contributed by atoms with van der Waals surface area (Å²) in [5.41, 5.74) is 0.821. The Balaban J connectivity index is 1.78. The molecule has 30 heavy (non-hydrogen) atoms. The first-order valence-corrected chi connectivity index (χ1v) is 11.9. The maximum atomic E-state index is 13.1. The minimum absolute atomic E-state index is 0.100. The second kappa shape index (κ2) is 8.59. The van der Waals surface area contributed by atoms with E-state index in [4.69, 9.17) is 0 Å². The Morgan fingerprint density at radius 2 is 1.53 bits per heavy atom. The second-order valence-electron chi connectivity index (χ2n) is 8.29. The fourth-order valence-electron chi connectivity index (χ4n) is 3.97. The van der Waals surface area contributed by atoms with Gasteiger partial charge in [0.1, 0.15) is 6.04 Å². The number of fused-ring (bicyclic) bond motifs is 1. The standard InChI is InChI=1S/C21H27N3O5S/c1-13(2)12-18(24-20(26)16-6-4-5-7-17(16)21(24)27)19(25)22-14-8-10-15(11-9-14)23-30(3,28)29/h4-5,8-11,13,16-18,23H,6-7,12H2,1-3H3,(H,22,25). The van der Waals surface area contributed by atoms with E-state index in [0.717, 1.165) is 11.2 Å². The van der Waals surface area contributed by atoms with E-state index in [9.17, 15) is 22.8 Å². The molecule has 3 unspecified atom stereocenters. The summed E-state index contributed by atoms with van der Waals surface area (Å²) >= 11 is 0. The van der Waals surface area contributed by atoms with Crippen LogP contribution in [0, 0.1) is 17.8 Å². The smallest absolute Gasteiger partial charge is 0.247 e. The number of imide groups is 1. The number of carbonyl (C=O) groups is 3. The van der Waals surface area contributed by atoms with E-state index in [1.165, 1.54) is 12.1 Å². The van der Waals surface area contributed by atoms with Crippen molar-refractivity contribution in [2.24, 2.45) is 17.8 Å². The molecule has 0 bridgehead atoms. The topological polar surface area (TPSA) is 113 Å². The largest absolute Gasteiger partial charge is 0.324 e. The molecule has 1 heterocycles. The molecule has 1 aromatic carbocycles. The van der Waals surface area contributed by atoms with Gasteiger partial charge in [0.05, 0.1) is 18.1 Å². The molecule has 1 saturated heterocycles. The molecule has 1 aliphatic carbocycles. The molecule has 162 valence electrons. The number of rotatable bonds is 7. The summed E-state index contributed by atoms with van der Waals surface area (Å²) in [6.07, 6.45) is 6.30. The van der Waals surface area contributed by atoms with Crippen molar-refractivity contribution in [2.45, 2.75) is 39.2 Å². The second-order valence-corrected chi connectivity index (χ2v) is 10.0. The predicted octanol–water partition coefficient (Wildman–Crippen LogP) is 2.36. The Hall–Kier alpha value is -2.68. The summed E-state index contributed by atoms with van der Waals surface area (Å²) < 4.78 is 25.0. The van der Waals surface area contributed by atoms with Crippen LogP contribution in [0.5, 0.6) is 0 Å². The summed E-state index contributed by atoms with van der Waals surface area (Å²) in [6.45, 7) is 3.87. The average Bonchev–Trinajstić information content (AvgIpc) is 2.91. The molecule has 1 aliphatic heterocycles. The molecule has 0 spiro atoms. The third-order valence-corrected chi connectivity index (χ3v) is 5.91. The normalized spacial score (nSPS) is 22.2. The van der Waals surface area contributed by atoms with Crippen molar-refractivity contribution in [3.05, 3.63) is 36.4 Å². The van der Waals surface area contributed by atoms with Crippen LogP contribution >= 0.6 is 0 Å². The molecule has 0 aromatic heterocycles. The number of carbonyl (C=O) groups excluding carboxylic acids is 3. The van der Waals surface area contributed by atoms with Crippen LogP contribution in [-0.2, 0) is 24.4 Å². The van der Waals surface area contributed by atoms with Gasteiger partial charge >= 0.3 is 0 Å². The van der Waals surface area contributed by atoms with E-state index in [1.54, 1.807) is 12.1 Å². The highest BCUT2D eigenvalue weighted by Gasteiger charge is 2.51. The highest BCUT2D eigenvalue weighted by molar-refractivity contribution is 7.92. The highest BCUT2D eigenvalue weighted by Crippen LogP contribution is 2.37. The number of nitrogens with zero attached hydrogens (tertiary/aromatic N) is 1. The Bertz CT molecular complexity index is 943. The minimum Gasteiger partial charge on any atom is -0.324 e. The zero-order chi connectivity index (χ0) is 22.1. The lowest BCUT2D eigenvalue weighted by Gasteiger charge is -2.27. The fourth-order valence-corrected chi connectivity index (χ4v) is 4.53. The average molecular weight is 434 g/mol. The van der Waals surface area contributed by atoms with Crippen LogP contribution in [0.1, 0.15) is 33.1 Å². The third kappa shape index (κ3) is 4.89. The van der Waals surface area contributed by atoms with Crippen LogP contribution in [-0.4, -0.2) is 43.3 Å². The number of benzene rings is 1. The number of hydrogen-bond donors (Lipinski definition) is 2. The number of amides is 3. The Labute approximate surface area is 176 Å². The van der Waals surface area contributed by atoms with Gasteiger partial charge in [-0.1, -0.05) is 26.0 Å². The molecule has 0 saturated carbocycles. The number of allylic oxidation sites excluding steroid dienone is 2. The van der Waals surface area contributed by atoms with Gasteiger partial charge < -0.3 is 5.32 Å². The molecule has 1 fully saturated rings. The summed E-state index contributed by atoms with van der Waals surface area (Å²) in [7, 11) is -3.40.